The monoisotopic (exact) mass is 420 g/mol. The number of nitrogens with zero attached hydrogens (tertiary/aromatic N) is 2. The van der Waals surface area contributed by atoms with Crippen LogP contribution in [-0.2, 0) is 6.42 Å². The number of carbonyl (C=O) groups is 1. The fourth-order valence-corrected chi connectivity index (χ4v) is 6.07. The van der Waals surface area contributed by atoms with Gasteiger partial charge in [-0.15, -0.1) is 12.4 Å². The highest BCUT2D eigenvalue weighted by Gasteiger charge is 2.39. The second kappa shape index (κ2) is 10.2. The van der Waals surface area contributed by atoms with Gasteiger partial charge in [-0.1, -0.05) is 51.2 Å². The molecule has 29 heavy (non-hydrogen) atoms. The van der Waals surface area contributed by atoms with Crippen molar-refractivity contribution in [3.8, 4) is 0 Å². The quantitative estimate of drug-likeness (QED) is 0.606. The first-order valence-corrected chi connectivity index (χ1v) is 11.5. The fraction of sp³-hybridized carbons (Fsp3) is 0.708. The van der Waals surface area contributed by atoms with Crippen LogP contribution in [0.15, 0.2) is 18.2 Å². The third-order valence-electron chi connectivity index (χ3n) is 7.46. The highest BCUT2D eigenvalue weighted by Crippen LogP contribution is 2.44. The number of hydrogen-bond acceptors (Lipinski definition) is 2. The average molecular weight is 421 g/mol. The van der Waals surface area contributed by atoms with Gasteiger partial charge in [0, 0.05) is 18.5 Å². The average Bonchev–Trinajstić information content (AvgIpc) is 3.14. The maximum Gasteiger partial charge on any atom is 0.411 e. The van der Waals surface area contributed by atoms with Gasteiger partial charge in [0.2, 0.25) is 0 Å². The van der Waals surface area contributed by atoms with E-state index in [1.54, 1.807) is 4.90 Å². The summed E-state index contributed by atoms with van der Waals surface area (Å²) in [5.41, 5.74) is 3.66. The molecular formula is C24H37ClN2O2. The van der Waals surface area contributed by atoms with Crippen molar-refractivity contribution in [2.45, 2.75) is 83.1 Å². The molecule has 4 nitrogen and oxygen atoms in total. The number of rotatable bonds is 6. The summed E-state index contributed by atoms with van der Waals surface area (Å²) in [6.45, 7) is 5.09. The second-order valence-electron chi connectivity index (χ2n) is 9.11. The van der Waals surface area contributed by atoms with Crippen LogP contribution in [0, 0.1) is 5.92 Å². The van der Waals surface area contributed by atoms with Gasteiger partial charge in [0.1, 0.15) is 0 Å². The van der Waals surface area contributed by atoms with E-state index in [-0.39, 0.29) is 12.4 Å². The lowest BCUT2D eigenvalue weighted by molar-refractivity contribution is 0.198. The molecule has 0 spiro atoms. The smallest absolute Gasteiger partial charge is 0.411 e. The summed E-state index contributed by atoms with van der Waals surface area (Å²) < 4.78 is 0. The molecule has 2 atom stereocenters. The highest BCUT2D eigenvalue weighted by atomic mass is 35.5. The molecule has 3 aliphatic rings. The molecule has 162 valence electrons. The Morgan fingerprint density at radius 2 is 1.97 bits per heavy atom. The molecular weight excluding hydrogens is 384 g/mol. The van der Waals surface area contributed by atoms with Crippen LogP contribution < -0.4 is 4.90 Å². The van der Waals surface area contributed by atoms with Gasteiger partial charge in [-0.25, -0.2) is 4.79 Å². The van der Waals surface area contributed by atoms with Crippen LogP contribution in [0.1, 0.15) is 81.8 Å². The molecule has 1 amide bonds. The van der Waals surface area contributed by atoms with Crippen molar-refractivity contribution in [3.63, 3.8) is 0 Å². The summed E-state index contributed by atoms with van der Waals surface area (Å²) in [6.07, 6.45) is 12.0. The number of hydrogen-bond donors (Lipinski definition) is 1. The van der Waals surface area contributed by atoms with E-state index in [0.29, 0.717) is 18.5 Å². The fourth-order valence-electron chi connectivity index (χ4n) is 6.07. The van der Waals surface area contributed by atoms with Gasteiger partial charge in [-0.2, -0.15) is 0 Å². The molecule has 2 fully saturated rings. The van der Waals surface area contributed by atoms with Crippen LogP contribution in [0.5, 0.6) is 0 Å². The van der Waals surface area contributed by atoms with Crippen LogP contribution in [0.4, 0.5) is 10.5 Å². The molecule has 1 heterocycles. The number of likely N-dealkylation sites (tertiary alicyclic amines) is 1. The van der Waals surface area contributed by atoms with E-state index in [9.17, 15) is 9.90 Å². The molecule has 1 saturated carbocycles. The van der Waals surface area contributed by atoms with Crippen molar-refractivity contribution in [2.75, 3.05) is 24.5 Å². The summed E-state index contributed by atoms with van der Waals surface area (Å²) in [5, 5.41) is 9.70. The molecule has 1 aromatic carbocycles. The number of anilines is 1. The maximum atomic E-state index is 11.8. The lowest BCUT2D eigenvalue weighted by Gasteiger charge is -2.36. The van der Waals surface area contributed by atoms with E-state index < -0.39 is 6.09 Å². The van der Waals surface area contributed by atoms with Gasteiger partial charge in [-0.3, -0.25) is 9.80 Å². The van der Waals surface area contributed by atoms with E-state index >= 15 is 0 Å². The largest absolute Gasteiger partial charge is 0.465 e. The minimum atomic E-state index is -0.821. The predicted molar refractivity (Wildman–Crippen MR) is 122 cm³/mol. The lowest BCUT2D eigenvalue weighted by Crippen LogP contribution is -2.37. The lowest BCUT2D eigenvalue weighted by atomic mass is 9.78. The summed E-state index contributed by atoms with van der Waals surface area (Å²) in [7, 11) is 0. The van der Waals surface area contributed by atoms with Crippen molar-refractivity contribution < 1.29 is 9.90 Å². The van der Waals surface area contributed by atoms with Gasteiger partial charge >= 0.3 is 6.09 Å². The Kier molecular flexibility index (Phi) is 7.86. The van der Waals surface area contributed by atoms with Crippen LogP contribution >= 0.6 is 12.4 Å². The standard InChI is InChI=1S/C24H36N2O2.ClH/c1-2-15-26(24(27)28)23-10-6-9-19-20(23)11-12-22-21(19)14-17-25(22)16-13-18-7-4-3-5-8-18;/h6,9-10,18,21-22H,2-5,7-8,11-17H2,1H3,(H,27,28);1H/t21-,22+;/m1./s1. The molecule has 5 heteroatoms. The van der Waals surface area contributed by atoms with Gasteiger partial charge in [0.15, 0.2) is 0 Å². The Balaban J connectivity index is 0.00000240. The molecule has 1 aromatic rings. The SMILES string of the molecule is CCCN(C(=O)O)c1cccc2c1CC[C@H]1[C@@H]2CCN1CCC1CCCCC1.Cl. The molecule has 4 rings (SSSR count). The van der Waals surface area contributed by atoms with E-state index in [2.05, 4.69) is 17.0 Å². The summed E-state index contributed by atoms with van der Waals surface area (Å²) >= 11 is 0. The van der Waals surface area contributed by atoms with Crippen molar-refractivity contribution in [3.05, 3.63) is 29.3 Å². The third kappa shape index (κ3) is 4.74. The number of halogens is 1. The molecule has 0 bridgehead atoms. The first-order valence-electron chi connectivity index (χ1n) is 11.5. The normalized spacial score (nSPS) is 24.4. The molecule has 1 saturated heterocycles. The van der Waals surface area contributed by atoms with Gasteiger partial charge in [0.05, 0.1) is 5.69 Å². The van der Waals surface area contributed by atoms with Crippen LogP contribution in [0.3, 0.4) is 0 Å². The first kappa shape index (κ1) is 22.4. The minimum Gasteiger partial charge on any atom is -0.465 e. The number of amides is 1. The van der Waals surface area contributed by atoms with Gasteiger partial charge < -0.3 is 5.11 Å². The van der Waals surface area contributed by atoms with Gasteiger partial charge in [0.25, 0.3) is 0 Å². The Morgan fingerprint density at radius 1 is 1.17 bits per heavy atom. The Morgan fingerprint density at radius 3 is 2.69 bits per heavy atom. The zero-order valence-corrected chi connectivity index (χ0v) is 18.6. The second-order valence-corrected chi connectivity index (χ2v) is 9.11. The van der Waals surface area contributed by atoms with E-state index in [4.69, 9.17) is 0 Å². The van der Waals surface area contributed by atoms with E-state index in [1.807, 2.05) is 13.0 Å². The van der Waals surface area contributed by atoms with E-state index in [1.165, 1.54) is 75.6 Å². The Hall–Kier alpha value is -1.26. The van der Waals surface area contributed by atoms with Crippen molar-refractivity contribution >= 4 is 24.2 Å². The Bertz CT molecular complexity index is 689. The number of carboxylic acid groups (broad SMARTS) is 1. The van der Waals surface area contributed by atoms with E-state index in [0.717, 1.165) is 24.4 Å². The third-order valence-corrected chi connectivity index (χ3v) is 7.46. The zero-order chi connectivity index (χ0) is 19.5. The number of fused-ring (bicyclic) bond motifs is 3. The molecule has 1 aliphatic heterocycles. The zero-order valence-electron chi connectivity index (χ0n) is 17.8. The minimum absolute atomic E-state index is 0. The number of benzene rings is 1. The van der Waals surface area contributed by atoms with Crippen LogP contribution in [0.25, 0.3) is 0 Å². The summed E-state index contributed by atoms with van der Waals surface area (Å²) in [6, 6.07) is 7.02. The van der Waals surface area contributed by atoms with Crippen molar-refractivity contribution in [1.29, 1.82) is 0 Å². The molecule has 0 unspecified atom stereocenters. The Labute approximate surface area is 182 Å². The maximum absolute atomic E-state index is 11.8. The van der Waals surface area contributed by atoms with Gasteiger partial charge in [-0.05, 0) is 68.3 Å². The van der Waals surface area contributed by atoms with Crippen LogP contribution in [0.2, 0.25) is 0 Å². The molecule has 0 aromatic heterocycles. The molecule has 1 N–H and O–H groups in total. The van der Waals surface area contributed by atoms with Crippen LogP contribution in [-0.4, -0.2) is 41.8 Å². The summed E-state index contributed by atoms with van der Waals surface area (Å²) in [4.78, 5) is 16.1. The topological polar surface area (TPSA) is 43.8 Å². The highest BCUT2D eigenvalue weighted by molar-refractivity contribution is 5.87. The summed E-state index contributed by atoms with van der Waals surface area (Å²) in [5.74, 6) is 1.54. The molecule has 2 aliphatic carbocycles. The van der Waals surface area contributed by atoms with Crippen molar-refractivity contribution in [1.82, 2.24) is 4.90 Å². The predicted octanol–water partition coefficient (Wildman–Crippen LogP) is 6.08. The van der Waals surface area contributed by atoms with Crippen molar-refractivity contribution in [2.24, 2.45) is 5.92 Å². The molecule has 0 radical (unpaired) electrons. The first-order chi connectivity index (χ1) is 13.7.